The number of hydrogen-bond donors (Lipinski definition) is 1. The van der Waals surface area contributed by atoms with Crippen molar-refractivity contribution < 1.29 is 13.2 Å². The lowest BCUT2D eigenvalue weighted by molar-refractivity contribution is -0.170. The summed E-state index contributed by atoms with van der Waals surface area (Å²) in [7, 11) is 0. The van der Waals surface area contributed by atoms with E-state index in [-0.39, 0.29) is 5.41 Å². The van der Waals surface area contributed by atoms with Gasteiger partial charge in [0.1, 0.15) is 0 Å². The fourth-order valence-electron chi connectivity index (χ4n) is 1.13. The summed E-state index contributed by atoms with van der Waals surface area (Å²) in [6, 6.07) is -0.516. The van der Waals surface area contributed by atoms with E-state index in [0.29, 0.717) is 6.42 Å². The zero-order valence-electron chi connectivity index (χ0n) is 7.92. The molecular formula is C8H16F3N. The minimum atomic E-state index is -4.27. The molecule has 0 fully saturated rings. The first-order valence-electron chi connectivity index (χ1n) is 4.01. The van der Waals surface area contributed by atoms with E-state index in [1.807, 2.05) is 0 Å². The van der Waals surface area contributed by atoms with Crippen molar-refractivity contribution in [1.29, 1.82) is 0 Å². The molecule has 0 saturated carbocycles. The van der Waals surface area contributed by atoms with Gasteiger partial charge in [0.25, 0.3) is 0 Å². The van der Waals surface area contributed by atoms with E-state index in [9.17, 15) is 13.2 Å². The average molecular weight is 183 g/mol. The van der Waals surface area contributed by atoms with E-state index < -0.39 is 12.3 Å². The number of hydrogen-bond acceptors (Lipinski definition) is 1. The molecule has 0 heterocycles. The standard InChI is InChI=1S/C8H16F3N/c1-5-6(7(2,3)4)12-8(9,10)11/h6,12H,5H2,1-4H3. The Morgan fingerprint density at radius 2 is 1.58 bits per heavy atom. The van der Waals surface area contributed by atoms with Crippen molar-refractivity contribution in [3.63, 3.8) is 0 Å². The van der Waals surface area contributed by atoms with Gasteiger partial charge in [0.2, 0.25) is 0 Å². The van der Waals surface area contributed by atoms with Crippen molar-refractivity contribution in [3.05, 3.63) is 0 Å². The minimum absolute atomic E-state index is 0.357. The molecule has 1 nitrogen and oxygen atoms in total. The summed E-state index contributed by atoms with van der Waals surface area (Å²) in [6.07, 6.45) is -3.79. The Kier molecular flexibility index (Phi) is 3.57. The van der Waals surface area contributed by atoms with Crippen molar-refractivity contribution in [2.75, 3.05) is 0 Å². The maximum Gasteiger partial charge on any atom is 0.457 e. The molecule has 0 aromatic heterocycles. The molecule has 0 aliphatic rings. The molecule has 0 amide bonds. The summed E-state index contributed by atoms with van der Waals surface area (Å²) >= 11 is 0. The molecule has 12 heavy (non-hydrogen) atoms. The van der Waals surface area contributed by atoms with Crippen LogP contribution in [0, 0.1) is 5.41 Å². The van der Waals surface area contributed by atoms with Gasteiger partial charge in [-0.15, -0.1) is 0 Å². The topological polar surface area (TPSA) is 12.0 Å². The molecule has 74 valence electrons. The molecule has 0 rings (SSSR count). The van der Waals surface area contributed by atoms with Gasteiger partial charge in [-0.25, -0.2) is 5.32 Å². The van der Waals surface area contributed by atoms with Gasteiger partial charge in [-0.05, 0) is 11.8 Å². The van der Waals surface area contributed by atoms with Crippen molar-refractivity contribution in [1.82, 2.24) is 5.32 Å². The number of halogens is 3. The summed E-state index contributed by atoms with van der Waals surface area (Å²) in [5, 5.41) is 1.65. The Balaban J connectivity index is 4.20. The smallest absolute Gasteiger partial charge is 0.225 e. The SMILES string of the molecule is CCC(NC(F)(F)F)C(C)(C)C. The Hall–Kier alpha value is -0.250. The second-order valence-electron chi connectivity index (χ2n) is 3.97. The minimum Gasteiger partial charge on any atom is -0.225 e. The van der Waals surface area contributed by atoms with E-state index in [1.54, 1.807) is 33.0 Å². The summed E-state index contributed by atoms with van der Waals surface area (Å²) < 4.78 is 35.7. The highest BCUT2D eigenvalue weighted by Gasteiger charge is 2.35. The Morgan fingerprint density at radius 3 is 1.67 bits per heavy atom. The van der Waals surface area contributed by atoms with Crippen LogP contribution in [-0.2, 0) is 0 Å². The van der Waals surface area contributed by atoms with E-state index in [1.165, 1.54) is 0 Å². The molecule has 0 aliphatic carbocycles. The van der Waals surface area contributed by atoms with Crippen molar-refractivity contribution in [3.8, 4) is 0 Å². The van der Waals surface area contributed by atoms with Crippen LogP contribution in [0.3, 0.4) is 0 Å². The predicted octanol–water partition coefficient (Wildman–Crippen LogP) is 2.92. The third-order valence-electron chi connectivity index (χ3n) is 1.79. The molecule has 4 heteroatoms. The summed E-state index contributed by atoms with van der Waals surface area (Å²) in [6.45, 7) is 7.12. The second-order valence-corrected chi connectivity index (χ2v) is 3.97. The third-order valence-corrected chi connectivity index (χ3v) is 1.79. The van der Waals surface area contributed by atoms with Crippen LogP contribution in [-0.4, -0.2) is 12.3 Å². The third kappa shape index (κ3) is 4.59. The van der Waals surface area contributed by atoms with Gasteiger partial charge in [0, 0.05) is 6.04 Å². The molecule has 0 bridgehead atoms. The molecular weight excluding hydrogens is 167 g/mol. The molecule has 0 saturated heterocycles. The average Bonchev–Trinajstić information content (AvgIpc) is 1.78. The largest absolute Gasteiger partial charge is 0.457 e. The lowest BCUT2D eigenvalue weighted by Gasteiger charge is -2.31. The summed E-state index contributed by atoms with van der Waals surface area (Å²) in [5.74, 6) is 0. The van der Waals surface area contributed by atoms with Crippen LogP contribution in [0.15, 0.2) is 0 Å². The quantitative estimate of drug-likeness (QED) is 0.649. The molecule has 0 aromatic rings. The van der Waals surface area contributed by atoms with Gasteiger partial charge in [-0.1, -0.05) is 27.7 Å². The number of rotatable bonds is 2. The van der Waals surface area contributed by atoms with Gasteiger partial charge < -0.3 is 0 Å². The normalized spacial score (nSPS) is 16.2. The first kappa shape index (κ1) is 11.8. The van der Waals surface area contributed by atoms with Gasteiger partial charge in [0.15, 0.2) is 0 Å². The first-order chi connectivity index (χ1) is 5.17. The predicted molar refractivity (Wildman–Crippen MR) is 42.7 cm³/mol. The van der Waals surface area contributed by atoms with Crippen molar-refractivity contribution in [2.24, 2.45) is 5.41 Å². The maximum absolute atomic E-state index is 11.9. The van der Waals surface area contributed by atoms with E-state index in [4.69, 9.17) is 0 Å². The maximum atomic E-state index is 11.9. The molecule has 0 spiro atoms. The van der Waals surface area contributed by atoms with Crippen LogP contribution in [0.2, 0.25) is 0 Å². The molecule has 0 radical (unpaired) electrons. The van der Waals surface area contributed by atoms with Gasteiger partial charge >= 0.3 is 6.30 Å². The van der Waals surface area contributed by atoms with E-state index in [2.05, 4.69) is 0 Å². The van der Waals surface area contributed by atoms with E-state index >= 15 is 0 Å². The molecule has 0 aromatic carbocycles. The molecule has 1 unspecified atom stereocenters. The van der Waals surface area contributed by atoms with Crippen LogP contribution in [0.25, 0.3) is 0 Å². The fourth-order valence-corrected chi connectivity index (χ4v) is 1.13. The Bertz CT molecular complexity index is 134. The lowest BCUT2D eigenvalue weighted by Crippen LogP contribution is -2.47. The zero-order valence-corrected chi connectivity index (χ0v) is 7.92. The van der Waals surface area contributed by atoms with Crippen LogP contribution in [0.1, 0.15) is 34.1 Å². The van der Waals surface area contributed by atoms with Gasteiger partial charge in [0.05, 0.1) is 0 Å². The molecule has 0 aliphatic heterocycles. The first-order valence-corrected chi connectivity index (χ1v) is 4.01. The zero-order chi connectivity index (χ0) is 9.99. The fraction of sp³-hybridized carbons (Fsp3) is 1.00. The lowest BCUT2D eigenvalue weighted by atomic mass is 9.85. The summed E-state index contributed by atoms with van der Waals surface area (Å²) in [5.41, 5.74) is -0.357. The highest BCUT2D eigenvalue weighted by molar-refractivity contribution is 4.79. The molecule has 1 atom stereocenters. The monoisotopic (exact) mass is 183 g/mol. The second kappa shape index (κ2) is 3.64. The highest BCUT2D eigenvalue weighted by atomic mass is 19.4. The van der Waals surface area contributed by atoms with Crippen LogP contribution in [0.5, 0.6) is 0 Å². The number of nitrogens with one attached hydrogen (secondary N) is 1. The van der Waals surface area contributed by atoms with Crippen LogP contribution < -0.4 is 5.32 Å². The van der Waals surface area contributed by atoms with Crippen LogP contribution in [0.4, 0.5) is 13.2 Å². The van der Waals surface area contributed by atoms with Crippen molar-refractivity contribution >= 4 is 0 Å². The Morgan fingerprint density at radius 1 is 1.17 bits per heavy atom. The summed E-state index contributed by atoms with van der Waals surface area (Å²) in [4.78, 5) is 0. The highest BCUT2D eigenvalue weighted by Crippen LogP contribution is 2.25. The van der Waals surface area contributed by atoms with Gasteiger partial charge in [-0.2, -0.15) is 13.2 Å². The molecule has 1 N–H and O–H groups in total. The van der Waals surface area contributed by atoms with Crippen LogP contribution >= 0.6 is 0 Å². The van der Waals surface area contributed by atoms with E-state index in [0.717, 1.165) is 0 Å². The Labute approximate surface area is 71.3 Å². The van der Waals surface area contributed by atoms with Gasteiger partial charge in [-0.3, -0.25) is 0 Å². The van der Waals surface area contributed by atoms with Crippen molar-refractivity contribution in [2.45, 2.75) is 46.5 Å². The number of alkyl halides is 3.